The summed E-state index contributed by atoms with van der Waals surface area (Å²) in [5.74, 6) is -4.88. The number of aliphatic hydroxyl groups excluding tert-OH is 1. The first-order chi connectivity index (χ1) is 24.1. The van der Waals surface area contributed by atoms with Crippen molar-refractivity contribution in [3.8, 4) is 0 Å². The van der Waals surface area contributed by atoms with Crippen LogP contribution in [0.15, 0.2) is 102 Å². The standard InChI is InChI=1S/C36H38F3N3O7S2/c1-22(2)42(51(47,48)26-16-14-25(15-17-26)34(40)45)28(21-43)31-19-18-30(50-31)27(36(37,38)39)20-29(44)33(41-35(46)49-3)32(23-10-6-4-7-11-23)24-12-8-5-9-13-24/h4-19,22,27-28,32-33,43H,20-21H2,1-3H3,(H2,40,45)(H,41,46)/t27-,28-,33-/m1/s1. The predicted molar refractivity (Wildman–Crippen MR) is 186 cm³/mol. The third kappa shape index (κ3) is 9.22. The number of ether oxygens (including phenoxy) is 1. The van der Waals surface area contributed by atoms with Gasteiger partial charge in [-0.15, -0.1) is 11.3 Å². The van der Waals surface area contributed by atoms with Crippen LogP contribution in [0.25, 0.3) is 0 Å². The van der Waals surface area contributed by atoms with Gasteiger partial charge in [0.15, 0.2) is 5.78 Å². The lowest BCUT2D eigenvalue weighted by Gasteiger charge is -2.32. The van der Waals surface area contributed by atoms with Crippen LogP contribution in [-0.2, 0) is 19.6 Å². The average Bonchev–Trinajstić information content (AvgIpc) is 3.58. The number of hydrogen-bond donors (Lipinski definition) is 3. The number of carbonyl (C=O) groups is 3. The number of nitrogens with two attached hydrogens (primary N) is 1. The number of halogens is 3. The minimum absolute atomic E-state index is 0.0716. The number of aliphatic hydroxyl groups is 1. The van der Waals surface area contributed by atoms with Gasteiger partial charge >= 0.3 is 12.3 Å². The summed E-state index contributed by atoms with van der Waals surface area (Å²) in [4.78, 5) is 37.7. The van der Waals surface area contributed by atoms with Crippen molar-refractivity contribution in [3.05, 3.63) is 124 Å². The van der Waals surface area contributed by atoms with E-state index < -0.39 is 77.0 Å². The number of nitrogens with zero attached hydrogens (tertiary/aromatic N) is 1. The molecular weight excluding hydrogens is 708 g/mol. The van der Waals surface area contributed by atoms with E-state index in [4.69, 9.17) is 10.5 Å². The van der Waals surface area contributed by atoms with E-state index in [0.717, 1.165) is 17.5 Å². The molecule has 10 nitrogen and oxygen atoms in total. The highest BCUT2D eigenvalue weighted by Gasteiger charge is 2.46. The normalized spacial score (nSPS) is 13.9. The summed E-state index contributed by atoms with van der Waals surface area (Å²) in [5, 5.41) is 12.9. The van der Waals surface area contributed by atoms with Crippen LogP contribution in [0.2, 0.25) is 0 Å². The maximum Gasteiger partial charge on any atom is 0.407 e. The number of primary amides is 1. The van der Waals surface area contributed by atoms with Crippen LogP contribution in [0, 0.1) is 0 Å². The molecule has 4 aromatic rings. The Labute approximate surface area is 298 Å². The van der Waals surface area contributed by atoms with E-state index in [1.165, 1.54) is 30.3 Å². The second-order valence-electron chi connectivity index (χ2n) is 11.9. The number of hydrogen-bond acceptors (Lipinski definition) is 8. The Bertz CT molecular complexity index is 1860. The largest absolute Gasteiger partial charge is 0.453 e. The van der Waals surface area contributed by atoms with Gasteiger partial charge in [0.1, 0.15) is 6.04 Å². The summed E-state index contributed by atoms with van der Waals surface area (Å²) < 4.78 is 77.8. The number of Topliss-reactive ketones (excluding diaryl/α,β-unsaturated/α-hetero) is 1. The molecule has 3 aromatic carbocycles. The van der Waals surface area contributed by atoms with Crippen molar-refractivity contribution < 1.29 is 45.8 Å². The molecule has 0 saturated carbocycles. The summed E-state index contributed by atoms with van der Waals surface area (Å²) in [7, 11) is -3.27. The molecule has 1 aromatic heterocycles. The van der Waals surface area contributed by atoms with Gasteiger partial charge in [-0.2, -0.15) is 17.5 Å². The quantitative estimate of drug-likeness (QED) is 0.132. The lowest BCUT2D eigenvalue weighted by atomic mass is 9.81. The van der Waals surface area contributed by atoms with Crippen molar-refractivity contribution in [1.82, 2.24) is 9.62 Å². The Kier molecular flexibility index (Phi) is 12.8. The molecule has 0 aliphatic heterocycles. The molecule has 0 aliphatic rings. The first-order valence-electron chi connectivity index (χ1n) is 15.8. The summed E-state index contributed by atoms with van der Waals surface area (Å²) >= 11 is 0.626. The van der Waals surface area contributed by atoms with Crippen molar-refractivity contribution in [1.29, 1.82) is 0 Å². The molecule has 1 heterocycles. The topological polar surface area (TPSA) is 156 Å². The van der Waals surface area contributed by atoms with Gasteiger partial charge in [0.2, 0.25) is 15.9 Å². The highest BCUT2D eigenvalue weighted by atomic mass is 32.2. The second kappa shape index (κ2) is 16.6. The predicted octanol–water partition coefficient (Wildman–Crippen LogP) is 6.14. The number of rotatable bonds is 15. The van der Waals surface area contributed by atoms with Crippen LogP contribution in [0.1, 0.15) is 69.4 Å². The van der Waals surface area contributed by atoms with Gasteiger partial charge < -0.3 is 20.9 Å². The monoisotopic (exact) mass is 745 g/mol. The summed E-state index contributed by atoms with van der Waals surface area (Å²) in [6, 6.07) is 21.0. The molecule has 0 spiro atoms. The Hall–Kier alpha value is -4.57. The molecule has 2 amide bonds. The number of methoxy groups -OCH3 is 1. The van der Waals surface area contributed by atoms with Crippen molar-refractivity contribution in [2.45, 2.75) is 61.3 Å². The van der Waals surface area contributed by atoms with Gasteiger partial charge in [-0.1, -0.05) is 60.7 Å². The maximum absolute atomic E-state index is 14.8. The third-order valence-electron chi connectivity index (χ3n) is 8.28. The molecule has 0 aliphatic carbocycles. The van der Waals surface area contributed by atoms with Gasteiger partial charge in [0, 0.05) is 33.7 Å². The molecule has 0 radical (unpaired) electrons. The van der Waals surface area contributed by atoms with Crippen LogP contribution in [0.4, 0.5) is 18.0 Å². The lowest BCUT2D eigenvalue weighted by molar-refractivity contribution is -0.156. The van der Waals surface area contributed by atoms with Crippen LogP contribution in [0.5, 0.6) is 0 Å². The van der Waals surface area contributed by atoms with Gasteiger partial charge in [0.25, 0.3) is 0 Å². The number of carbonyl (C=O) groups excluding carboxylic acids is 3. The van der Waals surface area contributed by atoms with Gasteiger partial charge in [-0.3, -0.25) is 9.59 Å². The molecule has 0 saturated heterocycles. The molecule has 0 bridgehead atoms. The number of alkyl halides is 3. The zero-order chi connectivity index (χ0) is 37.5. The molecule has 0 fully saturated rings. The molecule has 272 valence electrons. The van der Waals surface area contributed by atoms with Gasteiger partial charge in [0.05, 0.1) is 30.6 Å². The van der Waals surface area contributed by atoms with E-state index in [1.807, 2.05) is 0 Å². The number of amides is 2. The zero-order valence-corrected chi connectivity index (χ0v) is 29.5. The minimum atomic E-state index is -4.93. The molecule has 3 atom stereocenters. The molecule has 4 N–H and O–H groups in total. The number of alkyl carbamates (subject to hydrolysis) is 1. The molecule has 4 rings (SSSR count). The maximum atomic E-state index is 14.8. The first kappa shape index (κ1) is 39.2. The van der Waals surface area contributed by atoms with Gasteiger partial charge in [-0.25, -0.2) is 13.2 Å². The highest BCUT2D eigenvalue weighted by molar-refractivity contribution is 7.89. The second-order valence-corrected chi connectivity index (χ2v) is 14.9. The van der Waals surface area contributed by atoms with E-state index in [-0.39, 0.29) is 20.2 Å². The van der Waals surface area contributed by atoms with Crippen molar-refractivity contribution in [2.75, 3.05) is 13.7 Å². The Morgan fingerprint density at radius 2 is 1.41 bits per heavy atom. The number of benzene rings is 3. The van der Waals surface area contributed by atoms with E-state index in [0.29, 0.717) is 22.5 Å². The third-order valence-corrected chi connectivity index (χ3v) is 11.7. The number of ketones is 1. The van der Waals surface area contributed by atoms with Crippen LogP contribution in [-0.4, -0.2) is 67.6 Å². The van der Waals surface area contributed by atoms with E-state index in [2.05, 4.69) is 5.32 Å². The fourth-order valence-corrected chi connectivity index (χ4v) is 8.98. The van der Waals surface area contributed by atoms with Crippen molar-refractivity contribution >= 4 is 39.1 Å². The minimum Gasteiger partial charge on any atom is -0.453 e. The number of thiophene rings is 1. The summed E-state index contributed by atoms with van der Waals surface area (Å²) in [5.41, 5.74) is 6.49. The smallest absolute Gasteiger partial charge is 0.407 e. The Morgan fingerprint density at radius 1 is 0.882 bits per heavy atom. The van der Waals surface area contributed by atoms with Crippen molar-refractivity contribution in [2.24, 2.45) is 5.73 Å². The van der Waals surface area contributed by atoms with E-state index in [1.54, 1.807) is 74.5 Å². The van der Waals surface area contributed by atoms with Crippen molar-refractivity contribution in [3.63, 3.8) is 0 Å². The Balaban J connectivity index is 1.72. The summed E-state index contributed by atoms with van der Waals surface area (Å²) in [6.45, 7) is 2.33. The average molecular weight is 746 g/mol. The SMILES string of the molecule is COC(=O)N[C@H](C(=O)C[C@H](c1ccc([C@@H](CO)N(C(C)C)S(=O)(=O)c2ccc(C(N)=O)cc2)s1)C(F)(F)F)C(c1ccccc1)c1ccccc1. The first-order valence-corrected chi connectivity index (χ1v) is 18.0. The molecule has 0 unspecified atom stereocenters. The molecule has 15 heteroatoms. The fraction of sp³-hybridized carbons (Fsp3) is 0.306. The fourth-order valence-electron chi connectivity index (χ4n) is 5.89. The zero-order valence-electron chi connectivity index (χ0n) is 27.9. The highest BCUT2D eigenvalue weighted by Crippen LogP contribution is 2.44. The van der Waals surface area contributed by atoms with Gasteiger partial charge in [-0.05, 0) is 61.4 Å². The molecular formula is C36H38F3N3O7S2. The van der Waals surface area contributed by atoms with Crippen LogP contribution >= 0.6 is 11.3 Å². The summed E-state index contributed by atoms with van der Waals surface area (Å²) in [6.07, 6.45) is -6.99. The Morgan fingerprint density at radius 3 is 1.86 bits per heavy atom. The number of sulfonamides is 1. The van der Waals surface area contributed by atoms with Crippen LogP contribution < -0.4 is 11.1 Å². The number of nitrogens with one attached hydrogen (secondary N) is 1. The lowest BCUT2D eigenvalue weighted by Crippen LogP contribution is -2.46. The van der Waals surface area contributed by atoms with E-state index in [9.17, 15) is 41.1 Å². The molecule has 51 heavy (non-hydrogen) atoms. The van der Waals surface area contributed by atoms with Crippen LogP contribution in [0.3, 0.4) is 0 Å². The van der Waals surface area contributed by atoms with E-state index >= 15 is 0 Å².